The summed E-state index contributed by atoms with van der Waals surface area (Å²) in [7, 11) is 2.20. The lowest BCUT2D eigenvalue weighted by atomic mass is 10.2. The molecule has 0 bridgehead atoms. The molecule has 116 valence electrons. The zero-order valence-electron chi connectivity index (χ0n) is 12.6. The average molecular weight is 295 g/mol. The number of benzene rings is 1. The minimum absolute atomic E-state index is 0.461. The van der Waals surface area contributed by atoms with E-state index in [1.807, 2.05) is 4.90 Å². The molecule has 2 fully saturated rings. The lowest BCUT2D eigenvalue weighted by Gasteiger charge is -2.36. The first-order valence-corrected chi connectivity index (χ1v) is 7.76. The molecular formula is C16H23F2N3. The van der Waals surface area contributed by atoms with Crippen LogP contribution in [0.4, 0.5) is 14.5 Å². The zero-order valence-corrected chi connectivity index (χ0v) is 12.6. The van der Waals surface area contributed by atoms with Crippen molar-refractivity contribution in [1.82, 2.24) is 9.80 Å². The van der Waals surface area contributed by atoms with E-state index < -0.39 is 11.6 Å². The summed E-state index contributed by atoms with van der Waals surface area (Å²) in [6.07, 6.45) is 2.68. The summed E-state index contributed by atoms with van der Waals surface area (Å²) in [5.74, 6) is -0.977. The highest BCUT2D eigenvalue weighted by molar-refractivity contribution is 5.48. The van der Waals surface area contributed by atoms with Gasteiger partial charge in [0.15, 0.2) is 0 Å². The van der Waals surface area contributed by atoms with Gasteiger partial charge in [-0.1, -0.05) is 0 Å². The van der Waals surface area contributed by atoms with Crippen LogP contribution >= 0.6 is 0 Å². The van der Waals surface area contributed by atoms with Crippen LogP contribution in [0.1, 0.15) is 12.8 Å². The van der Waals surface area contributed by atoms with Crippen LogP contribution in [-0.2, 0) is 0 Å². The van der Waals surface area contributed by atoms with E-state index >= 15 is 0 Å². The fourth-order valence-corrected chi connectivity index (χ4v) is 2.95. The van der Waals surface area contributed by atoms with Crippen molar-refractivity contribution in [3.63, 3.8) is 0 Å². The summed E-state index contributed by atoms with van der Waals surface area (Å²) >= 11 is 0. The Balaban J connectivity index is 1.48. The second-order valence-electron chi connectivity index (χ2n) is 6.14. The summed E-state index contributed by atoms with van der Waals surface area (Å²) in [6, 6.07) is 4.64. The van der Waals surface area contributed by atoms with Gasteiger partial charge in [-0.25, -0.2) is 8.78 Å². The topological polar surface area (TPSA) is 9.72 Å². The van der Waals surface area contributed by atoms with Crippen molar-refractivity contribution in [3.05, 3.63) is 29.8 Å². The lowest BCUT2D eigenvalue weighted by molar-refractivity contribution is 0.211. The molecule has 21 heavy (non-hydrogen) atoms. The van der Waals surface area contributed by atoms with Crippen LogP contribution in [0, 0.1) is 11.6 Å². The molecule has 1 aliphatic heterocycles. The maximum atomic E-state index is 13.8. The number of piperazine rings is 1. The van der Waals surface area contributed by atoms with Crippen molar-refractivity contribution in [2.24, 2.45) is 0 Å². The van der Waals surface area contributed by atoms with Gasteiger partial charge in [-0.15, -0.1) is 0 Å². The summed E-state index contributed by atoms with van der Waals surface area (Å²) in [5.41, 5.74) is 0.520. The molecule has 5 heteroatoms. The predicted molar refractivity (Wildman–Crippen MR) is 80.7 cm³/mol. The molecule has 1 heterocycles. The summed E-state index contributed by atoms with van der Waals surface area (Å²) in [5, 5.41) is 0. The Morgan fingerprint density at radius 3 is 2.48 bits per heavy atom. The maximum Gasteiger partial charge on any atom is 0.149 e. The van der Waals surface area contributed by atoms with Gasteiger partial charge in [0, 0.05) is 51.4 Å². The van der Waals surface area contributed by atoms with Crippen molar-refractivity contribution in [2.45, 2.75) is 18.9 Å². The molecule has 3 rings (SSSR count). The van der Waals surface area contributed by atoms with Gasteiger partial charge in [0.2, 0.25) is 0 Å². The van der Waals surface area contributed by atoms with Crippen LogP contribution < -0.4 is 4.90 Å². The van der Waals surface area contributed by atoms with Gasteiger partial charge in [-0.3, -0.25) is 4.90 Å². The molecule has 0 atom stereocenters. The minimum Gasteiger partial charge on any atom is -0.367 e. The molecule has 3 nitrogen and oxygen atoms in total. The number of rotatable bonds is 5. The van der Waals surface area contributed by atoms with Crippen LogP contribution in [0.3, 0.4) is 0 Å². The summed E-state index contributed by atoms with van der Waals surface area (Å²) in [6.45, 7) is 5.67. The monoisotopic (exact) mass is 295 g/mol. The first kappa shape index (κ1) is 14.7. The van der Waals surface area contributed by atoms with Crippen LogP contribution in [0.2, 0.25) is 0 Å². The molecule has 1 saturated heterocycles. The quantitative estimate of drug-likeness (QED) is 0.824. The molecule has 2 aliphatic rings. The molecule has 0 aromatic heterocycles. The van der Waals surface area contributed by atoms with E-state index in [0.717, 1.165) is 51.4 Å². The van der Waals surface area contributed by atoms with Crippen LogP contribution in [-0.4, -0.2) is 62.2 Å². The largest absolute Gasteiger partial charge is 0.367 e. The number of likely N-dealkylation sites (N-methyl/N-ethyl adjacent to an activating group) is 1. The van der Waals surface area contributed by atoms with Gasteiger partial charge >= 0.3 is 0 Å². The fourth-order valence-electron chi connectivity index (χ4n) is 2.95. The van der Waals surface area contributed by atoms with Crippen molar-refractivity contribution in [3.8, 4) is 0 Å². The number of hydrogen-bond donors (Lipinski definition) is 0. The fraction of sp³-hybridized carbons (Fsp3) is 0.625. The molecule has 0 radical (unpaired) electrons. The third kappa shape index (κ3) is 3.71. The Hall–Kier alpha value is -1.20. The van der Waals surface area contributed by atoms with Crippen molar-refractivity contribution in [2.75, 3.05) is 51.2 Å². The first-order chi connectivity index (χ1) is 10.1. The summed E-state index contributed by atoms with van der Waals surface area (Å²) < 4.78 is 26.7. The molecule has 0 amide bonds. The van der Waals surface area contributed by atoms with Gasteiger partial charge in [0.1, 0.15) is 11.6 Å². The van der Waals surface area contributed by atoms with E-state index in [4.69, 9.17) is 0 Å². The Kier molecular flexibility index (Phi) is 4.40. The third-order valence-electron chi connectivity index (χ3n) is 4.56. The van der Waals surface area contributed by atoms with Crippen molar-refractivity contribution >= 4 is 5.69 Å². The van der Waals surface area contributed by atoms with E-state index in [2.05, 4.69) is 16.8 Å². The number of hydrogen-bond acceptors (Lipinski definition) is 3. The zero-order chi connectivity index (χ0) is 14.8. The number of nitrogens with zero attached hydrogens (tertiary/aromatic N) is 3. The molecular weight excluding hydrogens is 272 g/mol. The smallest absolute Gasteiger partial charge is 0.149 e. The van der Waals surface area contributed by atoms with E-state index in [9.17, 15) is 8.78 Å². The number of halogens is 2. The van der Waals surface area contributed by atoms with E-state index in [0.29, 0.717) is 5.69 Å². The Morgan fingerprint density at radius 2 is 1.86 bits per heavy atom. The summed E-state index contributed by atoms with van der Waals surface area (Å²) in [4.78, 5) is 6.87. The van der Waals surface area contributed by atoms with E-state index in [1.54, 1.807) is 6.07 Å². The van der Waals surface area contributed by atoms with Gasteiger partial charge in [-0.2, -0.15) is 0 Å². The van der Waals surface area contributed by atoms with Gasteiger partial charge in [0.05, 0.1) is 5.69 Å². The minimum atomic E-state index is -0.516. The molecule has 0 unspecified atom stereocenters. The third-order valence-corrected chi connectivity index (χ3v) is 4.56. The Morgan fingerprint density at radius 1 is 1.14 bits per heavy atom. The van der Waals surface area contributed by atoms with Gasteiger partial charge in [-0.05, 0) is 32.0 Å². The highest BCUT2D eigenvalue weighted by atomic mass is 19.1. The van der Waals surface area contributed by atoms with E-state index in [1.165, 1.54) is 18.9 Å². The maximum absolute atomic E-state index is 13.8. The molecule has 1 saturated carbocycles. The lowest BCUT2D eigenvalue weighted by Crippen LogP contribution is -2.48. The van der Waals surface area contributed by atoms with Crippen LogP contribution in [0.25, 0.3) is 0 Å². The Bertz CT molecular complexity index is 482. The molecule has 1 aromatic rings. The molecule has 0 spiro atoms. The van der Waals surface area contributed by atoms with E-state index in [-0.39, 0.29) is 0 Å². The predicted octanol–water partition coefficient (Wildman–Crippen LogP) is 2.18. The Labute approximate surface area is 125 Å². The normalized spacial score (nSPS) is 20.3. The van der Waals surface area contributed by atoms with Crippen molar-refractivity contribution < 1.29 is 8.78 Å². The van der Waals surface area contributed by atoms with Crippen molar-refractivity contribution in [1.29, 1.82) is 0 Å². The highest BCUT2D eigenvalue weighted by Gasteiger charge is 2.26. The standard InChI is InChI=1S/C16H23F2N3/c1-19(14-3-4-14)6-7-20-8-10-21(11-9-20)16-5-2-13(17)12-15(16)18/h2,5,12,14H,3-4,6-11H2,1H3. The van der Waals surface area contributed by atoms with Crippen LogP contribution in [0.5, 0.6) is 0 Å². The van der Waals surface area contributed by atoms with Crippen LogP contribution in [0.15, 0.2) is 18.2 Å². The number of anilines is 1. The first-order valence-electron chi connectivity index (χ1n) is 7.76. The van der Waals surface area contributed by atoms with Gasteiger partial charge < -0.3 is 9.80 Å². The van der Waals surface area contributed by atoms with Gasteiger partial charge in [0.25, 0.3) is 0 Å². The second kappa shape index (κ2) is 6.28. The molecule has 1 aromatic carbocycles. The molecule has 1 aliphatic carbocycles. The second-order valence-corrected chi connectivity index (χ2v) is 6.14. The molecule has 0 N–H and O–H groups in total. The average Bonchev–Trinajstić information content (AvgIpc) is 3.30. The SMILES string of the molecule is CN(CCN1CCN(c2ccc(F)cc2F)CC1)C1CC1. The highest BCUT2D eigenvalue weighted by Crippen LogP contribution is 2.25.